The molecule has 0 aliphatic rings. The van der Waals surface area contributed by atoms with Crippen LogP contribution in [0.2, 0.25) is 5.82 Å². The van der Waals surface area contributed by atoms with Crippen LogP contribution in [-0.4, -0.2) is 19.8 Å². The third-order valence-electron chi connectivity index (χ3n) is 1.97. The van der Waals surface area contributed by atoms with Gasteiger partial charge in [-0.2, -0.15) is 0 Å². The third-order valence-corrected chi connectivity index (χ3v) is 1.97. The Bertz CT molecular complexity index is 329. The van der Waals surface area contributed by atoms with Crippen LogP contribution in [-0.2, 0) is 15.9 Å². The summed E-state index contributed by atoms with van der Waals surface area (Å²) < 4.78 is 4.64. The highest BCUT2D eigenvalue weighted by atomic mass is 16.4. The second-order valence-corrected chi connectivity index (χ2v) is 3.09. The maximum absolute atomic E-state index is 11.0. The van der Waals surface area contributed by atoms with E-state index in [0.29, 0.717) is 6.42 Å². The Morgan fingerprint density at radius 1 is 1.53 bits per heavy atom. The predicted molar refractivity (Wildman–Crippen MR) is 58.7 cm³/mol. The molecule has 5 heteroatoms. The average Bonchev–Trinajstić information content (AvgIpc) is 2.25. The smallest absolute Gasteiger partial charge is 0.384 e. The minimum atomic E-state index is -0.506. The molecule has 1 rings (SSSR count). The van der Waals surface area contributed by atoms with Gasteiger partial charge in [0.1, 0.15) is 6.40 Å². The molecule has 1 amide bonds. The Morgan fingerprint density at radius 2 is 2.20 bits per heavy atom. The fraction of sp³-hybridized carbons (Fsp3) is 0.200. The molecule has 0 heterocycles. The van der Waals surface area contributed by atoms with Crippen molar-refractivity contribution in [1.29, 1.82) is 5.41 Å². The highest BCUT2D eigenvalue weighted by Crippen LogP contribution is 2.12. The summed E-state index contributed by atoms with van der Waals surface area (Å²) in [4.78, 5) is 11.0. The lowest BCUT2D eigenvalue weighted by molar-refractivity contribution is -0.118. The van der Waals surface area contributed by atoms with Crippen molar-refractivity contribution in [3.63, 3.8) is 0 Å². The second-order valence-electron chi connectivity index (χ2n) is 3.09. The van der Waals surface area contributed by atoms with E-state index < -0.39 is 11.7 Å². The van der Waals surface area contributed by atoms with E-state index in [0.717, 1.165) is 12.0 Å². The molecule has 0 aromatic heterocycles. The maximum atomic E-state index is 11.0. The molecule has 0 bridgehead atoms. The molecule has 1 aromatic carbocycles. The number of benzene rings is 1. The first-order valence-electron chi connectivity index (χ1n) is 4.55. The summed E-state index contributed by atoms with van der Waals surface area (Å²) in [6.07, 6.45) is 1.25. The fourth-order valence-electron chi connectivity index (χ4n) is 1.22. The van der Waals surface area contributed by atoms with Crippen molar-refractivity contribution in [3.8, 4) is 0 Å². The summed E-state index contributed by atoms with van der Waals surface area (Å²) in [7, 11) is 1.28. The lowest BCUT2D eigenvalue weighted by Gasteiger charge is -2.10. The number of primary amides is 1. The molecule has 1 atom stereocenters. The van der Waals surface area contributed by atoms with Gasteiger partial charge in [-0.1, -0.05) is 30.3 Å². The van der Waals surface area contributed by atoms with E-state index >= 15 is 0 Å². The van der Waals surface area contributed by atoms with Crippen LogP contribution in [0.4, 0.5) is 0 Å². The molecule has 1 aromatic rings. The molecule has 0 spiro atoms. The van der Waals surface area contributed by atoms with Crippen LogP contribution in [0, 0.1) is 5.41 Å². The lowest BCUT2D eigenvalue weighted by Crippen LogP contribution is -2.26. The number of carbonyl (C=O) groups is 1. The van der Waals surface area contributed by atoms with Gasteiger partial charge in [0, 0.05) is 0 Å². The van der Waals surface area contributed by atoms with Crippen molar-refractivity contribution in [3.05, 3.63) is 35.9 Å². The number of carbonyl (C=O) groups excluding carboxylic acids is 1. The van der Waals surface area contributed by atoms with Gasteiger partial charge in [0.15, 0.2) is 0 Å². The first-order valence-corrected chi connectivity index (χ1v) is 4.55. The van der Waals surface area contributed by atoms with Gasteiger partial charge in [-0.3, -0.25) is 10.2 Å². The quantitative estimate of drug-likeness (QED) is 0.406. The Balaban J connectivity index is 2.58. The van der Waals surface area contributed by atoms with E-state index in [1.165, 1.54) is 7.48 Å². The van der Waals surface area contributed by atoms with Gasteiger partial charge in [0.05, 0.1) is 5.82 Å². The van der Waals surface area contributed by atoms with E-state index in [9.17, 15) is 4.79 Å². The standard InChI is InChI=1S/C10H12BN2O2/c12-7-15-11-9(10(13)14)6-8-4-2-1-3-5-8/h1-5,7,9,12H,6H2,(H2,13,14). The number of nitrogens with one attached hydrogen (secondary N) is 1. The normalized spacial score (nSPS) is 11.5. The SMILES string of the molecule is N=CO[B]C(Cc1ccccc1)C(N)=O. The molecular formula is C10H12BN2O2. The van der Waals surface area contributed by atoms with Crippen molar-refractivity contribution in [2.45, 2.75) is 12.2 Å². The van der Waals surface area contributed by atoms with Gasteiger partial charge in [0.25, 0.3) is 0 Å². The van der Waals surface area contributed by atoms with Gasteiger partial charge >= 0.3 is 7.48 Å². The number of nitrogens with two attached hydrogens (primary N) is 1. The van der Waals surface area contributed by atoms with Crippen LogP contribution < -0.4 is 5.73 Å². The summed E-state index contributed by atoms with van der Waals surface area (Å²) in [6, 6.07) is 9.51. The van der Waals surface area contributed by atoms with Crippen LogP contribution in [0.15, 0.2) is 30.3 Å². The van der Waals surface area contributed by atoms with Gasteiger partial charge in [-0.05, 0) is 12.0 Å². The van der Waals surface area contributed by atoms with Crippen LogP contribution in [0.1, 0.15) is 5.56 Å². The van der Waals surface area contributed by atoms with Gasteiger partial charge in [0.2, 0.25) is 5.91 Å². The topological polar surface area (TPSA) is 76.2 Å². The van der Waals surface area contributed by atoms with E-state index in [2.05, 4.69) is 4.65 Å². The van der Waals surface area contributed by atoms with E-state index in [1.54, 1.807) is 0 Å². The zero-order chi connectivity index (χ0) is 11.1. The number of amides is 1. The van der Waals surface area contributed by atoms with E-state index in [-0.39, 0.29) is 0 Å². The molecule has 4 nitrogen and oxygen atoms in total. The monoisotopic (exact) mass is 203 g/mol. The van der Waals surface area contributed by atoms with E-state index in [4.69, 9.17) is 11.1 Å². The Morgan fingerprint density at radius 3 is 2.73 bits per heavy atom. The van der Waals surface area contributed by atoms with Crippen molar-refractivity contribution in [1.82, 2.24) is 0 Å². The molecule has 15 heavy (non-hydrogen) atoms. The zero-order valence-corrected chi connectivity index (χ0v) is 8.22. The number of hydrogen-bond donors (Lipinski definition) is 2. The van der Waals surface area contributed by atoms with Gasteiger partial charge in [-0.25, -0.2) is 0 Å². The lowest BCUT2D eigenvalue weighted by atomic mass is 9.75. The summed E-state index contributed by atoms with van der Waals surface area (Å²) in [6.45, 7) is 0. The first-order chi connectivity index (χ1) is 7.24. The molecule has 1 unspecified atom stereocenters. The predicted octanol–water partition coefficient (Wildman–Crippen LogP) is 0.746. The summed E-state index contributed by atoms with van der Waals surface area (Å²) in [5.74, 6) is -0.963. The highest BCUT2D eigenvalue weighted by Gasteiger charge is 2.19. The number of rotatable bonds is 6. The van der Waals surface area contributed by atoms with Crippen LogP contribution in [0.25, 0.3) is 0 Å². The highest BCUT2D eigenvalue weighted by molar-refractivity contribution is 6.39. The molecule has 0 aliphatic carbocycles. The molecule has 3 N–H and O–H groups in total. The van der Waals surface area contributed by atoms with Gasteiger partial charge in [-0.15, -0.1) is 0 Å². The van der Waals surface area contributed by atoms with Crippen LogP contribution in [0.5, 0.6) is 0 Å². The Kier molecular flexibility index (Phi) is 4.41. The summed E-state index contributed by atoms with van der Waals surface area (Å²) in [5.41, 5.74) is 6.21. The molecule has 0 aliphatic heterocycles. The average molecular weight is 203 g/mol. The molecule has 0 fully saturated rings. The fourth-order valence-corrected chi connectivity index (χ4v) is 1.22. The summed E-state index contributed by atoms with van der Waals surface area (Å²) in [5, 5.41) is 6.69. The second kappa shape index (κ2) is 5.85. The Hall–Kier alpha value is -1.78. The molecule has 0 saturated heterocycles. The zero-order valence-electron chi connectivity index (χ0n) is 8.22. The largest absolute Gasteiger partial charge is 0.555 e. The summed E-state index contributed by atoms with van der Waals surface area (Å²) >= 11 is 0. The van der Waals surface area contributed by atoms with Gasteiger partial charge < -0.3 is 10.4 Å². The van der Waals surface area contributed by atoms with Crippen LogP contribution in [0.3, 0.4) is 0 Å². The van der Waals surface area contributed by atoms with Crippen molar-refractivity contribution in [2.75, 3.05) is 0 Å². The number of hydrogen-bond acceptors (Lipinski definition) is 3. The maximum Gasteiger partial charge on any atom is 0.384 e. The van der Waals surface area contributed by atoms with Crippen LogP contribution >= 0.6 is 0 Å². The Labute approximate surface area is 89.2 Å². The molecule has 77 valence electrons. The minimum absolute atomic E-state index is 0.458. The van der Waals surface area contributed by atoms with Crippen molar-refractivity contribution >= 4 is 19.8 Å². The third kappa shape index (κ3) is 3.85. The first kappa shape index (κ1) is 11.3. The van der Waals surface area contributed by atoms with Crippen molar-refractivity contribution in [2.24, 2.45) is 5.73 Å². The van der Waals surface area contributed by atoms with Crippen molar-refractivity contribution < 1.29 is 9.45 Å². The molecular weight excluding hydrogens is 191 g/mol. The molecule has 0 saturated carbocycles. The molecule has 1 radical (unpaired) electrons. The van der Waals surface area contributed by atoms with E-state index in [1.807, 2.05) is 30.3 Å². The minimum Gasteiger partial charge on any atom is -0.555 e.